The zero-order valence-electron chi connectivity index (χ0n) is 29.5. The van der Waals surface area contributed by atoms with E-state index < -0.39 is 64.5 Å². The molecule has 12 nitrogen and oxygen atoms in total. The standard InChI is InChI=1S/C36H52N6O6/c1-34(2,3)24(18-41-16-20-11-9-10-12-21(20)31(41)46)39-33(48)40-28(35(4,5)6)32(47)42-17-22-25(36(22,7)8)26(42)30(45)38-23(15-19-13-14-19)27(43)29(37)44/h9-12,19,22-26,28H,13-18H2,1-8H3,(H2,37,44)(H,38,45)(H2,39,40,48)/t22-,23?,24+,25-,26-,28+/m0/s1. The number of nitrogens with zero attached hydrogens (tertiary/aromatic N) is 2. The number of hydrogen-bond acceptors (Lipinski definition) is 6. The maximum Gasteiger partial charge on any atom is 0.315 e. The van der Waals surface area contributed by atoms with Crippen molar-refractivity contribution in [2.45, 2.75) is 105 Å². The van der Waals surface area contributed by atoms with E-state index in [-0.39, 0.29) is 35.6 Å². The van der Waals surface area contributed by atoms with Crippen LogP contribution in [-0.2, 0) is 25.7 Å². The molecule has 1 aromatic rings. The molecule has 48 heavy (non-hydrogen) atoms. The molecule has 1 aromatic carbocycles. The van der Waals surface area contributed by atoms with Gasteiger partial charge in [-0.25, -0.2) is 4.79 Å². The van der Waals surface area contributed by atoms with Crippen LogP contribution in [0.1, 0.15) is 90.6 Å². The number of urea groups is 1. The lowest BCUT2D eigenvalue weighted by Crippen LogP contribution is -2.62. The van der Waals surface area contributed by atoms with Crippen LogP contribution in [-0.4, -0.2) is 82.5 Å². The molecule has 3 fully saturated rings. The van der Waals surface area contributed by atoms with Gasteiger partial charge < -0.3 is 31.5 Å². The molecule has 12 heteroatoms. The molecular weight excluding hydrogens is 612 g/mol. The Morgan fingerprint density at radius 1 is 0.958 bits per heavy atom. The predicted octanol–water partition coefficient (Wildman–Crippen LogP) is 2.59. The Labute approximate surface area is 283 Å². The number of piperidine rings is 1. The minimum Gasteiger partial charge on any atom is -0.363 e. The molecule has 1 unspecified atom stereocenters. The van der Waals surface area contributed by atoms with Crippen LogP contribution >= 0.6 is 0 Å². The molecule has 0 radical (unpaired) electrons. The molecule has 4 aliphatic rings. The number of fused-ring (bicyclic) bond motifs is 2. The molecular formula is C36H52N6O6. The van der Waals surface area contributed by atoms with Crippen molar-refractivity contribution in [3.05, 3.63) is 35.4 Å². The van der Waals surface area contributed by atoms with Gasteiger partial charge in [-0.05, 0) is 52.0 Å². The van der Waals surface area contributed by atoms with E-state index in [0.717, 1.165) is 18.4 Å². The Bertz CT molecular complexity index is 1500. The Morgan fingerprint density at radius 3 is 2.17 bits per heavy atom. The van der Waals surface area contributed by atoms with Crippen molar-refractivity contribution in [1.82, 2.24) is 25.8 Å². The van der Waals surface area contributed by atoms with E-state index in [2.05, 4.69) is 29.8 Å². The summed E-state index contributed by atoms with van der Waals surface area (Å²) >= 11 is 0. The number of rotatable bonds is 11. The fraction of sp³-hybridized carbons (Fsp3) is 0.667. The number of benzene rings is 1. The second kappa shape index (κ2) is 12.5. The average Bonchev–Trinajstić information content (AvgIpc) is 3.78. The summed E-state index contributed by atoms with van der Waals surface area (Å²) in [5.41, 5.74) is 5.59. The summed E-state index contributed by atoms with van der Waals surface area (Å²) in [7, 11) is 0. The van der Waals surface area contributed by atoms with E-state index in [1.54, 1.807) is 4.90 Å². The Morgan fingerprint density at radius 2 is 1.60 bits per heavy atom. The third-order valence-corrected chi connectivity index (χ3v) is 10.9. The third-order valence-electron chi connectivity index (χ3n) is 10.9. The molecule has 5 N–H and O–H groups in total. The highest BCUT2D eigenvalue weighted by molar-refractivity contribution is 6.37. The average molecular weight is 665 g/mol. The van der Waals surface area contributed by atoms with Gasteiger partial charge >= 0.3 is 6.03 Å². The Balaban J connectivity index is 1.31. The van der Waals surface area contributed by atoms with Crippen molar-refractivity contribution in [3.8, 4) is 0 Å². The Hall–Kier alpha value is -3.96. The lowest BCUT2D eigenvalue weighted by Gasteiger charge is -2.39. The number of ketones is 1. The summed E-state index contributed by atoms with van der Waals surface area (Å²) in [5, 5.41) is 8.74. The molecule has 2 aliphatic carbocycles. The molecule has 6 atom stereocenters. The number of carbonyl (C=O) groups excluding carboxylic acids is 6. The van der Waals surface area contributed by atoms with E-state index in [1.807, 2.05) is 65.8 Å². The summed E-state index contributed by atoms with van der Waals surface area (Å²) in [6, 6.07) is 3.61. The monoisotopic (exact) mass is 664 g/mol. The Kier molecular flexibility index (Phi) is 9.20. The van der Waals surface area contributed by atoms with Crippen LogP contribution in [0.25, 0.3) is 0 Å². The number of Topliss-reactive ketones (excluding diaryl/α,β-unsaturated/α-hetero) is 1. The van der Waals surface area contributed by atoms with Crippen molar-refractivity contribution in [2.75, 3.05) is 13.1 Å². The number of primary amides is 1. The first-order valence-corrected chi connectivity index (χ1v) is 17.1. The van der Waals surface area contributed by atoms with Crippen LogP contribution < -0.4 is 21.7 Å². The van der Waals surface area contributed by atoms with Gasteiger partial charge in [0.2, 0.25) is 17.6 Å². The maximum atomic E-state index is 14.4. The van der Waals surface area contributed by atoms with Gasteiger partial charge in [-0.2, -0.15) is 0 Å². The number of hydrogen-bond donors (Lipinski definition) is 4. The third kappa shape index (κ3) is 7.08. The van der Waals surface area contributed by atoms with Gasteiger partial charge in [0.1, 0.15) is 12.1 Å². The van der Waals surface area contributed by atoms with Crippen LogP contribution in [0.15, 0.2) is 24.3 Å². The molecule has 2 saturated carbocycles. The van der Waals surface area contributed by atoms with Crippen molar-refractivity contribution in [3.63, 3.8) is 0 Å². The SMILES string of the molecule is CC(C)(C)[C@H](NC(=O)N[C@H](CN1Cc2ccccc2C1=O)C(C)(C)C)C(=O)N1C[C@H]2[C@@H]([C@H]1C(=O)NC(CC1CC1)C(=O)C(N)=O)C2(C)C. The van der Waals surface area contributed by atoms with E-state index >= 15 is 0 Å². The van der Waals surface area contributed by atoms with Gasteiger partial charge in [0.05, 0.1) is 12.1 Å². The quantitative estimate of drug-likeness (QED) is 0.265. The molecule has 262 valence electrons. The van der Waals surface area contributed by atoms with Gasteiger partial charge in [0.15, 0.2) is 0 Å². The highest BCUT2D eigenvalue weighted by Crippen LogP contribution is 2.65. The van der Waals surface area contributed by atoms with Crippen LogP contribution in [0.4, 0.5) is 4.79 Å². The van der Waals surface area contributed by atoms with Gasteiger partial charge in [-0.3, -0.25) is 24.0 Å². The number of amides is 6. The normalized spacial score (nSPS) is 24.6. The van der Waals surface area contributed by atoms with E-state index in [9.17, 15) is 28.8 Å². The van der Waals surface area contributed by atoms with Crippen LogP contribution in [0.2, 0.25) is 0 Å². The fourth-order valence-electron chi connectivity index (χ4n) is 7.52. The van der Waals surface area contributed by atoms with Crippen molar-refractivity contribution in [2.24, 2.45) is 39.7 Å². The molecule has 0 bridgehead atoms. The summed E-state index contributed by atoms with van der Waals surface area (Å²) < 4.78 is 0. The minimum absolute atomic E-state index is 0.0766. The van der Waals surface area contributed by atoms with Crippen molar-refractivity contribution in [1.29, 1.82) is 0 Å². The minimum atomic E-state index is -1.10. The van der Waals surface area contributed by atoms with E-state index in [0.29, 0.717) is 25.1 Å². The van der Waals surface area contributed by atoms with Gasteiger partial charge in [-0.15, -0.1) is 0 Å². The highest BCUT2D eigenvalue weighted by Gasteiger charge is 2.70. The van der Waals surface area contributed by atoms with Gasteiger partial charge in [-0.1, -0.05) is 86.4 Å². The van der Waals surface area contributed by atoms with Crippen LogP contribution in [0, 0.1) is 34.0 Å². The zero-order chi connectivity index (χ0) is 35.5. The molecule has 0 spiro atoms. The second-order valence-corrected chi connectivity index (χ2v) is 17.0. The summed E-state index contributed by atoms with van der Waals surface area (Å²) in [6.07, 6.45) is 2.18. The van der Waals surface area contributed by atoms with Crippen molar-refractivity contribution < 1.29 is 28.8 Å². The number of nitrogens with two attached hydrogens (primary N) is 1. The fourth-order valence-corrected chi connectivity index (χ4v) is 7.52. The molecule has 2 aliphatic heterocycles. The molecule has 2 heterocycles. The largest absolute Gasteiger partial charge is 0.363 e. The van der Waals surface area contributed by atoms with E-state index in [1.165, 1.54) is 4.90 Å². The number of carbonyl (C=O) groups is 6. The van der Waals surface area contributed by atoms with E-state index in [4.69, 9.17) is 5.73 Å². The number of likely N-dealkylation sites (tertiary alicyclic amines) is 1. The first kappa shape index (κ1) is 35.3. The summed E-state index contributed by atoms with van der Waals surface area (Å²) in [5.74, 6) is -2.70. The second-order valence-electron chi connectivity index (χ2n) is 17.0. The first-order chi connectivity index (χ1) is 22.2. The smallest absolute Gasteiger partial charge is 0.315 e. The van der Waals surface area contributed by atoms with Crippen LogP contribution in [0.3, 0.4) is 0 Å². The first-order valence-electron chi connectivity index (χ1n) is 17.1. The van der Waals surface area contributed by atoms with Crippen LogP contribution in [0.5, 0.6) is 0 Å². The lowest BCUT2D eigenvalue weighted by atomic mass is 9.85. The number of nitrogens with one attached hydrogen (secondary N) is 3. The van der Waals surface area contributed by atoms with Gasteiger partial charge in [0.25, 0.3) is 11.8 Å². The molecule has 5 rings (SSSR count). The molecule has 0 aromatic heterocycles. The molecule has 1 saturated heterocycles. The van der Waals surface area contributed by atoms with Crippen molar-refractivity contribution >= 4 is 35.4 Å². The predicted molar refractivity (Wildman–Crippen MR) is 179 cm³/mol. The summed E-state index contributed by atoms with van der Waals surface area (Å²) in [6.45, 7) is 16.7. The molecule has 6 amide bonds. The maximum absolute atomic E-state index is 14.4. The summed E-state index contributed by atoms with van der Waals surface area (Å²) in [4.78, 5) is 82.8. The highest BCUT2D eigenvalue weighted by atomic mass is 16.2. The van der Waals surface area contributed by atoms with Gasteiger partial charge in [0, 0.05) is 25.2 Å². The zero-order valence-corrected chi connectivity index (χ0v) is 29.5. The topological polar surface area (TPSA) is 171 Å². The lowest BCUT2D eigenvalue weighted by molar-refractivity contribution is -0.145.